The van der Waals surface area contributed by atoms with Gasteiger partial charge in [-0.25, -0.2) is 5.43 Å². The summed E-state index contributed by atoms with van der Waals surface area (Å²) in [5.41, 5.74) is 7.78. The molecule has 2 aromatic heterocycles. The molecule has 152 valence electrons. The van der Waals surface area contributed by atoms with Crippen molar-refractivity contribution in [3.8, 4) is 11.5 Å². The van der Waals surface area contributed by atoms with Crippen molar-refractivity contribution >= 4 is 5.91 Å². The number of aromatic nitrogens is 3. The van der Waals surface area contributed by atoms with Crippen molar-refractivity contribution in [2.24, 2.45) is 0 Å². The number of hydrogen-bond donors (Lipinski definition) is 1. The van der Waals surface area contributed by atoms with E-state index >= 15 is 0 Å². The quantitative estimate of drug-likeness (QED) is 0.718. The van der Waals surface area contributed by atoms with Gasteiger partial charge in [-0.3, -0.25) is 9.78 Å². The maximum Gasteiger partial charge on any atom is 0.251 e. The van der Waals surface area contributed by atoms with Crippen molar-refractivity contribution < 1.29 is 9.32 Å². The molecule has 0 spiro atoms. The molecule has 3 aromatic rings. The first kappa shape index (κ1) is 18.5. The largest absolute Gasteiger partial charge is 0.337 e. The molecule has 5 rings (SSSR count). The normalized spacial score (nSPS) is 20.7. The Labute approximate surface area is 174 Å². The second-order valence-corrected chi connectivity index (χ2v) is 7.68. The molecule has 2 unspecified atom stereocenters. The van der Waals surface area contributed by atoms with E-state index in [4.69, 9.17) is 4.52 Å². The minimum absolute atomic E-state index is 0.00826. The lowest BCUT2D eigenvalue weighted by Gasteiger charge is -2.30. The van der Waals surface area contributed by atoms with Crippen LogP contribution in [0.1, 0.15) is 35.0 Å². The second-order valence-electron chi connectivity index (χ2n) is 7.68. The molecule has 1 aromatic carbocycles. The number of pyridine rings is 1. The van der Waals surface area contributed by atoms with Gasteiger partial charge in [0, 0.05) is 18.6 Å². The summed E-state index contributed by atoms with van der Waals surface area (Å²) in [6.45, 7) is 4.44. The molecular formula is C22H22N6O2. The van der Waals surface area contributed by atoms with Crippen LogP contribution in [0, 0.1) is 13.8 Å². The van der Waals surface area contributed by atoms with Gasteiger partial charge >= 0.3 is 0 Å². The summed E-state index contributed by atoms with van der Waals surface area (Å²) in [7, 11) is 0. The molecular weight excluding hydrogens is 380 g/mol. The molecule has 8 heteroatoms. The zero-order valence-electron chi connectivity index (χ0n) is 16.8. The third-order valence-electron chi connectivity index (χ3n) is 5.68. The van der Waals surface area contributed by atoms with Crippen LogP contribution in [0.4, 0.5) is 0 Å². The van der Waals surface area contributed by atoms with Gasteiger partial charge in [0.2, 0.25) is 11.7 Å². The molecule has 1 fully saturated rings. The van der Waals surface area contributed by atoms with Crippen LogP contribution in [0.2, 0.25) is 0 Å². The first-order valence-electron chi connectivity index (χ1n) is 9.93. The van der Waals surface area contributed by atoms with Gasteiger partial charge in [-0.05, 0) is 49.1 Å². The summed E-state index contributed by atoms with van der Waals surface area (Å²) in [4.78, 5) is 23.3. The minimum atomic E-state index is -0.264. The molecule has 4 heterocycles. The molecule has 1 N–H and O–H groups in total. The predicted molar refractivity (Wildman–Crippen MR) is 109 cm³/mol. The van der Waals surface area contributed by atoms with Crippen molar-refractivity contribution in [3.05, 3.63) is 77.6 Å². The molecule has 1 amide bonds. The molecule has 2 aliphatic heterocycles. The second kappa shape index (κ2) is 7.38. The lowest BCUT2D eigenvalue weighted by atomic mass is 9.97. The Hall–Kier alpha value is -3.52. The van der Waals surface area contributed by atoms with E-state index < -0.39 is 0 Å². The van der Waals surface area contributed by atoms with E-state index in [0.29, 0.717) is 23.8 Å². The van der Waals surface area contributed by atoms with E-state index in [1.807, 2.05) is 29.4 Å². The number of benzene rings is 1. The van der Waals surface area contributed by atoms with Crippen LogP contribution in [0.3, 0.4) is 0 Å². The fourth-order valence-corrected chi connectivity index (χ4v) is 3.83. The Morgan fingerprint density at radius 1 is 1.17 bits per heavy atom. The topological polar surface area (TPSA) is 87.4 Å². The number of nitrogens with one attached hydrogen (secondary N) is 1. The summed E-state index contributed by atoms with van der Waals surface area (Å²) in [5.74, 6) is 0.797. The van der Waals surface area contributed by atoms with Crippen LogP contribution in [0.25, 0.3) is 11.5 Å². The van der Waals surface area contributed by atoms with Crippen LogP contribution in [-0.2, 0) is 11.3 Å². The molecule has 0 bridgehead atoms. The number of rotatable bonds is 4. The Kier molecular flexibility index (Phi) is 4.55. The number of hydrogen-bond acceptors (Lipinski definition) is 7. The number of fused-ring (bicyclic) bond motifs is 1. The van der Waals surface area contributed by atoms with Crippen molar-refractivity contribution in [1.82, 2.24) is 30.5 Å². The molecule has 8 nitrogen and oxygen atoms in total. The molecule has 0 radical (unpaired) electrons. The van der Waals surface area contributed by atoms with Gasteiger partial charge in [0.25, 0.3) is 5.91 Å². The maximum atomic E-state index is 13.1. The number of carbonyl (C=O) groups excluding carboxylic acids is 1. The molecule has 0 saturated carbocycles. The highest BCUT2D eigenvalue weighted by Gasteiger charge is 2.40. The summed E-state index contributed by atoms with van der Waals surface area (Å²) >= 11 is 0. The van der Waals surface area contributed by atoms with Crippen LogP contribution in [-0.4, -0.2) is 37.0 Å². The summed E-state index contributed by atoms with van der Waals surface area (Å²) < 4.78 is 5.34. The van der Waals surface area contributed by atoms with Crippen molar-refractivity contribution in [1.29, 1.82) is 0 Å². The fraction of sp³-hybridized carbons (Fsp3) is 0.273. The highest BCUT2D eigenvalue weighted by Crippen LogP contribution is 2.32. The predicted octanol–water partition coefficient (Wildman–Crippen LogP) is 2.88. The number of amides is 1. The minimum Gasteiger partial charge on any atom is -0.337 e. The average molecular weight is 402 g/mol. The SMILES string of the molecule is Cc1ccc(C2CC3C(=O)N(Cc4nc(-c5ccccn5)no4)C=CN3N2)cc1C. The lowest BCUT2D eigenvalue weighted by Crippen LogP contribution is -2.47. The number of aryl methyl sites for hydroxylation is 2. The molecule has 2 aliphatic rings. The van der Waals surface area contributed by atoms with Crippen LogP contribution >= 0.6 is 0 Å². The first-order chi connectivity index (χ1) is 14.6. The van der Waals surface area contributed by atoms with Crippen molar-refractivity contribution in [3.63, 3.8) is 0 Å². The van der Waals surface area contributed by atoms with Gasteiger partial charge in [0.05, 0.1) is 6.04 Å². The zero-order valence-corrected chi connectivity index (χ0v) is 16.8. The third-order valence-corrected chi connectivity index (χ3v) is 5.68. The maximum absolute atomic E-state index is 13.1. The monoisotopic (exact) mass is 402 g/mol. The Bertz CT molecular complexity index is 1110. The van der Waals surface area contributed by atoms with E-state index in [2.05, 4.69) is 52.6 Å². The van der Waals surface area contributed by atoms with Crippen molar-refractivity contribution in [2.75, 3.05) is 0 Å². The summed E-state index contributed by atoms with van der Waals surface area (Å²) in [5, 5.41) is 5.87. The first-order valence-corrected chi connectivity index (χ1v) is 9.93. The average Bonchev–Trinajstić information content (AvgIpc) is 3.40. The van der Waals surface area contributed by atoms with E-state index in [1.54, 1.807) is 17.3 Å². The van der Waals surface area contributed by atoms with Crippen LogP contribution < -0.4 is 5.43 Å². The van der Waals surface area contributed by atoms with Crippen LogP contribution in [0.5, 0.6) is 0 Å². The van der Waals surface area contributed by atoms with Gasteiger partial charge in [-0.1, -0.05) is 29.4 Å². The third kappa shape index (κ3) is 3.35. The molecule has 2 atom stereocenters. The zero-order chi connectivity index (χ0) is 20.7. The van der Waals surface area contributed by atoms with E-state index in [1.165, 1.54) is 16.7 Å². The highest BCUT2D eigenvalue weighted by molar-refractivity contribution is 5.84. The lowest BCUT2D eigenvalue weighted by molar-refractivity contribution is -0.135. The molecule has 30 heavy (non-hydrogen) atoms. The highest BCUT2D eigenvalue weighted by atomic mass is 16.5. The fourth-order valence-electron chi connectivity index (χ4n) is 3.83. The van der Waals surface area contributed by atoms with E-state index in [0.717, 1.165) is 0 Å². The standard InChI is InChI=1S/C22H22N6O2/c1-14-6-7-16(11-15(14)2)18-12-19-22(29)27(9-10-28(19)25-18)13-20-24-21(26-30-20)17-5-3-4-8-23-17/h3-11,18-19,25H,12-13H2,1-2H3. The number of hydrazine groups is 1. The van der Waals surface area contributed by atoms with Gasteiger partial charge in [0.1, 0.15) is 18.3 Å². The Balaban J connectivity index is 1.29. The van der Waals surface area contributed by atoms with Crippen molar-refractivity contribution in [2.45, 2.75) is 38.9 Å². The molecule has 0 aliphatic carbocycles. The Morgan fingerprint density at radius 3 is 2.87 bits per heavy atom. The number of carbonyl (C=O) groups is 1. The molecule has 1 saturated heterocycles. The van der Waals surface area contributed by atoms with Gasteiger partial charge in [-0.15, -0.1) is 0 Å². The summed E-state index contributed by atoms with van der Waals surface area (Å²) in [6.07, 6.45) is 6.02. The Morgan fingerprint density at radius 2 is 2.07 bits per heavy atom. The van der Waals surface area contributed by atoms with Gasteiger partial charge in [0.15, 0.2) is 0 Å². The number of nitrogens with zero attached hydrogens (tertiary/aromatic N) is 5. The van der Waals surface area contributed by atoms with Gasteiger partial charge in [-0.2, -0.15) is 4.98 Å². The van der Waals surface area contributed by atoms with E-state index in [9.17, 15) is 4.79 Å². The van der Waals surface area contributed by atoms with E-state index in [-0.39, 0.29) is 24.5 Å². The van der Waals surface area contributed by atoms with Gasteiger partial charge < -0.3 is 14.4 Å². The van der Waals surface area contributed by atoms with Crippen LogP contribution in [0.15, 0.2) is 59.5 Å². The smallest absolute Gasteiger partial charge is 0.251 e. The summed E-state index contributed by atoms with van der Waals surface area (Å²) in [6, 6.07) is 11.8.